The van der Waals surface area contributed by atoms with Gasteiger partial charge in [-0.3, -0.25) is 9.69 Å². The van der Waals surface area contributed by atoms with E-state index in [0.29, 0.717) is 6.54 Å². The van der Waals surface area contributed by atoms with Crippen molar-refractivity contribution in [3.63, 3.8) is 0 Å². The van der Waals surface area contributed by atoms with E-state index >= 15 is 0 Å². The molecular weight excluding hydrogens is 350 g/mol. The first-order valence-electron chi connectivity index (χ1n) is 8.97. The van der Waals surface area contributed by atoms with Gasteiger partial charge < -0.3 is 14.7 Å². The van der Waals surface area contributed by atoms with Crippen LogP contribution in [0.15, 0.2) is 47.2 Å². The van der Waals surface area contributed by atoms with Gasteiger partial charge in [0.1, 0.15) is 5.76 Å². The van der Waals surface area contributed by atoms with Crippen molar-refractivity contribution >= 4 is 28.4 Å². The number of halogens is 1. The van der Waals surface area contributed by atoms with E-state index in [4.69, 9.17) is 16.0 Å². The third-order valence-corrected chi connectivity index (χ3v) is 5.33. The van der Waals surface area contributed by atoms with Crippen molar-refractivity contribution in [2.45, 2.75) is 25.9 Å². The van der Waals surface area contributed by atoms with Crippen molar-refractivity contribution < 1.29 is 9.21 Å². The number of hydrogen-bond acceptors (Lipinski definition) is 3. The van der Waals surface area contributed by atoms with Crippen LogP contribution in [0.25, 0.3) is 10.9 Å². The molecule has 4 rings (SSSR count). The predicted molar refractivity (Wildman–Crippen MR) is 102 cm³/mol. The predicted octanol–water partition coefficient (Wildman–Crippen LogP) is 3.94. The molecule has 1 aliphatic rings. The first-order chi connectivity index (χ1) is 12.7. The lowest BCUT2D eigenvalue weighted by atomic mass is 9.95. The molecule has 26 heavy (non-hydrogen) atoms. The van der Waals surface area contributed by atoms with Gasteiger partial charge in [0.2, 0.25) is 5.91 Å². The van der Waals surface area contributed by atoms with Crippen molar-refractivity contribution in [1.29, 1.82) is 0 Å². The van der Waals surface area contributed by atoms with Gasteiger partial charge in [0.05, 0.1) is 12.8 Å². The van der Waals surface area contributed by atoms with Crippen molar-refractivity contribution in [3.8, 4) is 0 Å². The number of aromatic nitrogens is 1. The molecule has 6 heteroatoms. The highest BCUT2D eigenvalue weighted by molar-refractivity contribution is 6.31. The second-order valence-corrected chi connectivity index (χ2v) is 7.29. The Morgan fingerprint density at radius 1 is 1.31 bits per heavy atom. The van der Waals surface area contributed by atoms with E-state index in [2.05, 4.69) is 21.4 Å². The minimum Gasteiger partial charge on any atom is -0.467 e. The summed E-state index contributed by atoms with van der Waals surface area (Å²) in [5.74, 6) is 0.993. The molecule has 3 heterocycles. The average molecular weight is 372 g/mol. The molecule has 5 nitrogen and oxygen atoms in total. The molecule has 0 unspecified atom stereocenters. The number of nitrogens with zero attached hydrogens (tertiary/aromatic N) is 1. The number of carbonyl (C=O) groups is 1. The number of amides is 1. The molecule has 1 aromatic carbocycles. The van der Waals surface area contributed by atoms with Crippen LogP contribution in [0.1, 0.15) is 24.2 Å². The summed E-state index contributed by atoms with van der Waals surface area (Å²) in [6.07, 6.45) is 5.45. The third-order valence-electron chi connectivity index (χ3n) is 5.10. The van der Waals surface area contributed by atoms with Crippen LogP contribution in [0.3, 0.4) is 0 Å². The van der Waals surface area contributed by atoms with Crippen LogP contribution in [-0.4, -0.2) is 28.9 Å². The van der Waals surface area contributed by atoms with Gasteiger partial charge in [-0.2, -0.15) is 0 Å². The Bertz CT molecular complexity index is 880. The maximum atomic E-state index is 12.3. The normalized spacial score (nSPS) is 16.2. The number of fused-ring (bicyclic) bond motifs is 1. The Hall–Kier alpha value is -2.24. The third kappa shape index (κ3) is 3.79. The van der Waals surface area contributed by atoms with Gasteiger partial charge in [-0.05, 0) is 61.8 Å². The molecule has 1 aliphatic heterocycles. The molecule has 0 spiro atoms. The van der Waals surface area contributed by atoms with E-state index in [0.717, 1.165) is 48.8 Å². The first-order valence-corrected chi connectivity index (χ1v) is 9.35. The summed E-state index contributed by atoms with van der Waals surface area (Å²) in [4.78, 5) is 18.0. The lowest BCUT2D eigenvalue weighted by Crippen LogP contribution is -2.40. The van der Waals surface area contributed by atoms with Gasteiger partial charge >= 0.3 is 0 Å². The number of piperidine rings is 1. The zero-order valence-electron chi connectivity index (χ0n) is 14.5. The highest BCUT2D eigenvalue weighted by Crippen LogP contribution is 2.25. The Balaban J connectivity index is 1.30. The van der Waals surface area contributed by atoms with Gasteiger partial charge in [-0.1, -0.05) is 11.6 Å². The molecule has 2 aromatic heterocycles. The molecule has 0 aliphatic carbocycles. The highest BCUT2D eigenvalue weighted by Gasteiger charge is 2.25. The smallest absolute Gasteiger partial charge is 0.223 e. The summed E-state index contributed by atoms with van der Waals surface area (Å²) in [5.41, 5.74) is 2.36. The summed E-state index contributed by atoms with van der Waals surface area (Å²) in [5, 5.41) is 4.91. The fourth-order valence-corrected chi connectivity index (χ4v) is 3.78. The number of nitrogens with one attached hydrogen (secondary N) is 2. The zero-order chi connectivity index (χ0) is 17.9. The van der Waals surface area contributed by atoms with Gasteiger partial charge in [0.15, 0.2) is 0 Å². The maximum absolute atomic E-state index is 12.3. The molecule has 1 amide bonds. The Kier molecular flexibility index (Phi) is 5.00. The molecule has 0 bridgehead atoms. The number of carbonyl (C=O) groups excluding carboxylic acids is 1. The molecule has 0 saturated carbocycles. The minimum absolute atomic E-state index is 0.0821. The Labute approximate surface area is 157 Å². The quantitative estimate of drug-likeness (QED) is 0.714. The summed E-state index contributed by atoms with van der Waals surface area (Å²) < 4.78 is 5.26. The number of hydrogen-bond donors (Lipinski definition) is 2. The van der Waals surface area contributed by atoms with Gasteiger partial charge in [0, 0.05) is 34.6 Å². The van der Waals surface area contributed by atoms with Crippen LogP contribution in [0.2, 0.25) is 5.02 Å². The zero-order valence-corrected chi connectivity index (χ0v) is 15.3. The van der Waals surface area contributed by atoms with Crippen molar-refractivity contribution in [2.24, 2.45) is 5.92 Å². The minimum atomic E-state index is 0.0821. The lowest BCUT2D eigenvalue weighted by molar-refractivity contribution is -0.126. The van der Waals surface area contributed by atoms with E-state index < -0.39 is 0 Å². The number of likely N-dealkylation sites (tertiary alicyclic amines) is 1. The molecule has 0 atom stereocenters. The summed E-state index contributed by atoms with van der Waals surface area (Å²) in [6.45, 7) is 3.18. The molecule has 1 saturated heterocycles. The monoisotopic (exact) mass is 371 g/mol. The van der Waals surface area contributed by atoms with Crippen LogP contribution in [-0.2, 0) is 17.9 Å². The second kappa shape index (κ2) is 7.56. The SMILES string of the molecule is O=C(NCc1ccco1)C1CCN(Cc2c[nH]c3ccc(Cl)cc23)CC1. The molecule has 0 radical (unpaired) electrons. The van der Waals surface area contributed by atoms with Gasteiger partial charge in [-0.15, -0.1) is 0 Å². The van der Waals surface area contributed by atoms with Crippen LogP contribution in [0, 0.1) is 5.92 Å². The van der Waals surface area contributed by atoms with E-state index in [1.54, 1.807) is 6.26 Å². The van der Waals surface area contributed by atoms with E-state index in [1.165, 1.54) is 10.9 Å². The van der Waals surface area contributed by atoms with E-state index in [1.807, 2.05) is 30.3 Å². The number of H-pyrrole nitrogens is 1. The van der Waals surface area contributed by atoms with E-state index in [-0.39, 0.29) is 11.8 Å². The van der Waals surface area contributed by atoms with E-state index in [9.17, 15) is 4.79 Å². The van der Waals surface area contributed by atoms with Crippen molar-refractivity contribution in [2.75, 3.05) is 13.1 Å². The highest BCUT2D eigenvalue weighted by atomic mass is 35.5. The van der Waals surface area contributed by atoms with Crippen molar-refractivity contribution in [1.82, 2.24) is 15.2 Å². The number of aromatic amines is 1. The topological polar surface area (TPSA) is 61.3 Å². The summed E-state index contributed by atoms with van der Waals surface area (Å²) in [6, 6.07) is 9.62. The molecule has 3 aromatic rings. The number of furan rings is 1. The molecule has 2 N–H and O–H groups in total. The number of benzene rings is 1. The Morgan fingerprint density at radius 3 is 2.92 bits per heavy atom. The number of rotatable bonds is 5. The summed E-state index contributed by atoms with van der Waals surface area (Å²) in [7, 11) is 0. The lowest BCUT2D eigenvalue weighted by Gasteiger charge is -2.31. The van der Waals surface area contributed by atoms with Crippen LogP contribution < -0.4 is 5.32 Å². The van der Waals surface area contributed by atoms with Gasteiger partial charge in [-0.25, -0.2) is 0 Å². The standard InChI is InChI=1S/C20H22ClN3O2/c21-16-3-4-19-18(10-16)15(11-22-19)13-24-7-5-14(6-8-24)20(25)23-12-17-2-1-9-26-17/h1-4,9-11,14,22H,5-8,12-13H2,(H,23,25). The maximum Gasteiger partial charge on any atom is 0.223 e. The van der Waals surface area contributed by atoms with Crippen molar-refractivity contribution in [3.05, 3.63) is 59.1 Å². The second-order valence-electron chi connectivity index (χ2n) is 6.85. The molecule has 136 valence electrons. The van der Waals surface area contributed by atoms with Gasteiger partial charge in [0.25, 0.3) is 0 Å². The fourth-order valence-electron chi connectivity index (χ4n) is 3.61. The summed E-state index contributed by atoms with van der Waals surface area (Å²) >= 11 is 6.13. The first kappa shape index (κ1) is 17.2. The Morgan fingerprint density at radius 2 is 2.15 bits per heavy atom. The van der Waals surface area contributed by atoms with Crippen LogP contribution >= 0.6 is 11.6 Å². The molecule has 1 fully saturated rings. The largest absolute Gasteiger partial charge is 0.467 e. The fraction of sp³-hybridized carbons (Fsp3) is 0.350. The van der Waals surface area contributed by atoms with Crippen LogP contribution in [0.4, 0.5) is 0 Å². The molecular formula is C20H22ClN3O2. The average Bonchev–Trinajstić information content (AvgIpc) is 3.30. The van der Waals surface area contributed by atoms with Crippen LogP contribution in [0.5, 0.6) is 0 Å².